The highest BCUT2D eigenvalue weighted by molar-refractivity contribution is 7.15. The van der Waals surface area contributed by atoms with Crippen LogP contribution in [0.4, 0.5) is 0 Å². The van der Waals surface area contributed by atoms with Crippen LogP contribution in [0.15, 0.2) is 46.7 Å². The molecule has 2 heterocycles. The molecule has 0 N–H and O–H groups in total. The summed E-state index contributed by atoms with van der Waals surface area (Å²) in [4.78, 5) is 28.8. The number of fused-ring (bicyclic) bond motifs is 1. The molecule has 0 unspecified atom stereocenters. The molecule has 3 rings (SSSR count). The average Bonchev–Trinajstić information content (AvgIpc) is 3.09. The molecule has 0 aliphatic rings. The third-order valence-electron chi connectivity index (χ3n) is 3.61. The Kier molecular flexibility index (Phi) is 5.45. The molecule has 0 saturated heterocycles. The summed E-state index contributed by atoms with van der Waals surface area (Å²) >= 11 is 1.36. The zero-order valence-electron chi connectivity index (χ0n) is 13.8. The van der Waals surface area contributed by atoms with Crippen LogP contribution in [0.2, 0.25) is 0 Å². The molecule has 1 aromatic carbocycles. The quantitative estimate of drug-likeness (QED) is 0.608. The molecule has 0 radical (unpaired) electrons. The maximum absolute atomic E-state index is 12.0. The fourth-order valence-corrected chi connectivity index (χ4v) is 3.17. The first-order valence-electron chi connectivity index (χ1n) is 7.99. The highest BCUT2D eigenvalue weighted by Gasteiger charge is 2.10. The molecule has 3 aromatic rings. The van der Waals surface area contributed by atoms with Crippen molar-refractivity contribution >= 4 is 22.3 Å². The number of carbonyl (C=O) groups excluding carboxylic acids is 1. The summed E-state index contributed by atoms with van der Waals surface area (Å²) in [5, 5.41) is 1.79. The van der Waals surface area contributed by atoms with Gasteiger partial charge in [0.05, 0.1) is 12.3 Å². The third kappa shape index (κ3) is 4.24. The van der Waals surface area contributed by atoms with Crippen molar-refractivity contribution in [2.45, 2.75) is 26.4 Å². The summed E-state index contributed by atoms with van der Waals surface area (Å²) in [6.45, 7) is 2.49. The van der Waals surface area contributed by atoms with Gasteiger partial charge in [-0.25, -0.2) is 4.98 Å². The maximum Gasteiger partial charge on any atom is 0.306 e. The number of ether oxygens (including phenoxy) is 2. The van der Waals surface area contributed by atoms with Crippen LogP contribution >= 0.6 is 11.3 Å². The summed E-state index contributed by atoms with van der Waals surface area (Å²) in [6.07, 6.45) is 2.44. The summed E-state index contributed by atoms with van der Waals surface area (Å²) in [5.74, 6) is 0.454. The minimum Gasteiger partial charge on any atom is -0.494 e. The highest BCUT2D eigenvalue weighted by atomic mass is 32.1. The van der Waals surface area contributed by atoms with E-state index in [4.69, 9.17) is 9.47 Å². The lowest BCUT2D eigenvalue weighted by Gasteiger charge is -2.09. The molecule has 0 atom stereocenters. The minimum absolute atomic E-state index is 0.00438. The molecular weight excluding hydrogens is 340 g/mol. The number of carbonyl (C=O) groups is 1. The Morgan fingerprint density at radius 3 is 3.00 bits per heavy atom. The van der Waals surface area contributed by atoms with Crippen molar-refractivity contribution in [2.75, 3.05) is 6.61 Å². The zero-order valence-corrected chi connectivity index (χ0v) is 14.6. The molecule has 0 aliphatic carbocycles. The molecule has 0 amide bonds. The van der Waals surface area contributed by atoms with Gasteiger partial charge in [-0.15, -0.1) is 11.3 Å². The van der Waals surface area contributed by atoms with Crippen molar-refractivity contribution in [1.82, 2.24) is 9.38 Å². The van der Waals surface area contributed by atoms with Gasteiger partial charge in [0.1, 0.15) is 12.4 Å². The number of rotatable bonds is 7. The lowest BCUT2D eigenvalue weighted by Crippen LogP contribution is -2.14. The van der Waals surface area contributed by atoms with E-state index in [1.165, 1.54) is 21.8 Å². The number of thiazole rings is 1. The molecule has 0 bridgehead atoms. The van der Waals surface area contributed by atoms with Gasteiger partial charge in [0.15, 0.2) is 4.96 Å². The monoisotopic (exact) mass is 358 g/mol. The molecule has 0 saturated carbocycles. The number of aromatic nitrogens is 2. The van der Waals surface area contributed by atoms with E-state index in [0.717, 1.165) is 11.3 Å². The molecule has 0 fully saturated rings. The molecule has 2 aromatic heterocycles. The van der Waals surface area contributed by atoms with Crippen molar-refractivity contribution in [3.8, 4) is 5.75 Å². The van der Waals surface area contributed by atoms with Gasteiger partial charge in [0.25, 0.3) is 5.56 Å². The second-order valence-corrected chi connectivity index (χ2v) is 6.22. The van der Waals surface area contributed by atoms with Crippen LogP contribution in [0.25, 0.3) is 4.96 Å². The number of esters is 1. The van der Waals surface area contributed by atoms with Crippen LogP contribution in [0.3, 0.4) is 0 Å². The Bertz CT molecular complexity index is 932. The Morgan fingerprint density at radius 1 is 1.32 bits per heavy atom. The van der Waals surface area contributed by atoms with E-state index in [9.17, 15) is 9.59 Å². The standard InChI is InChI=1S/C18H18N2O4S/c1-2-23-15-6-4-3-5-13(15)7-8-17(22)24-12-14-11-16(21)20-9-10-25-18(20)19-14/h3-6,9-11H,2,7-8,12H2,1H3. The number of hydrogen-bond acceptors (Lipinski definition) is 6. The lowest BCUT2D eigenvalue weighted by molar-refractivity contribution is -0.145. The second-order valence-electron chi connectivity index (χ2n) is 5.34. The van der Waals surface area contributed by atoms with Crippen LogP contribution in [0.1, 0.15) is 24.6 Å². The number of benzene rings is 1. The Hall–Kier alpha value is -2.67. The number of nitrogens with zero attached hydrogens (tertiary/aromatic N) is 2. The number of aryl methyl sites for hydroxylation is 1. The largest absolute Gasteiger partial charge is 0.494 e. The molecule has 130 valence electrons. The molecule has 0 aliphatic heterocycles. The van der Waals surface area contributed by atoms with Gasteiger partial charge in [-0.2, -0.15) is 0 Å². The van der Waals surface area contributed by atoms with E-state index in [0.29, 0.717) is 23.7 Å². The normalized spacial score (nSPS) is 10.8. The predicted octanol–water partition coefficient (Wildman–Crippen LogP) is 2.83. The Labute approximate surface area is 148 Å². The number of hydrogen-bond donors (Lipinski definition) is 0. The van der Waals surface area contributed by atoms with Crippen LogP contribution in [0.5, 0.6) is 5.75 Å². The molecular formula is C18H18N2O4S. The smallest absolute Gasteiger partial charge is 0.306 e. The summed E-state index contributed by atoms with van der Waals surface area (Å²) in [6, 6.07) is 9.02. The van der Waals surface area contributed by atoms with Crippen LogP contribution in [0, 0.1) is 0 Å². The van der Waals surface area contributed by atoms with Gasteiger partial charge in [-0.3, -0.25) is 14.0 Å². The van der Waals surface area contributed by atoms with E-state index in [-0.39, 0.29) is 24.6 Å². The van der Waals surface area contributed by atoms with Gasteiger partial charge in [0, 0.05) is 24.1 Å². The minimum atomic E-state index is -0.334. The molecule has 7 heteroatoms. The first kappa shape index (κ1) is 17.2. The second kappa shape index (κ2) is 7.94. The Morgan fingerprint density at radius 2 is 2.16 bits per heavy atom. The van der Waals surface area contributed by atoms with E-state index in [1.54, 1.807) is 11.6 Å². The first-order chi connectivity index (χ1) is 12.2. The molecule has 25 heavy (non-hydrogen) atoms. The predicted molar refractivity (Wildman–Crippen MR) is 95.1 cm³/mol. The highest BCUT2D eigenvalue weighted by Crippen LogP contribution is 2.19. The van der Waals surface area contributed by atoms with Crippen molar-refractivity contribution < 1.29 is 14.3 Å². The maximum atomic E-state index is 12.0. The van der Waals surface area contributed by atoms with Crippen LogP contribution < -0.4 is 10.3 Å². The number of para-hydroxylation sites is 1. The van der Waals surface area contributed by atoms with Crippen LogP contribution in [-0.4, -0.2) is 22.0 Å². The van der Waals surface area contributed by atoms with Gasteiger partial charge >= 0.3 is 5.97 Å². The molecule has 0 spiro atoms. The van der Waals surface area contributed by atoms with E-state index >= 15 is 0 Å². The van der Waals surface area contributed by atoms with E-state index < -0.39 is 0 Å². The van der Waals surface area contributed by atoms with E-state index in [2.05, 4.69) is 4.98 Å². The topological polar surface area (TPSA) is 69.9 Å². The van der Waals surface area contributed by atoms with Gasteiger partial charge in [-0.05, 0) is 25.0 Å². The van der Waals surface area contributed by atoms with Gasteiger partial charge in [-0.1, -0.05) is 18.2 Å². The third-order valence-corrected chi connectivity index (χ3v) is 4.36. The first-order valence-corrected chi connectivity index (χ1v) is 8.87. The van der Waals surface area contributed by atoms with Crippen molar-refractivity contribution in [3.05, 3.63) is 63.5 Å². The fourth-order valence-electron chi connectivity index (χ4n) is 2.43. The van der Waals surface area contributed by atoms with Crippen molar-refractivity contribution in [3.63, 3.8) is 0 Å². The molecule has 6 nitrogen and oxygen atoms in total. The summed E-state index contributed by atoms with van der Waals surface area (Å²) in [5.41, 5.74) is 1.25. The Balaban J connectivity index is 1.57. The fraction of sp³-hybridized carbons (Fsp3) is 0.278. The van der Waals surface area contributed by atoms with E-state index in [1.807, 2.05) is 31.2 Å². The zero-order chi connectivity index (χ0) is 17.6. The van der Waals surface area contributed by atoms with Crippen LogP contribution in [-0.2, 0) is 22.6 Å². The van der Waals surface area contributed by atoms with Crippen molar-refractivity contribution in [2.24, 2.45) is 0 Å². The summed E-state index contributed by atoms with van der Waals surface area (Å²) in [7, 11) is 0. The summed E-state index contributed by atoms with van der Waals surface area (Å²) < 4.78 is 12.3. The van der Waals surface area contributed by atoms with Gasteiger partial charge < -0.3 is 9.47 Å². The van der Waals surface area contributed by atoms with Crippen molar-refractivity contribution in [1.29, 1.82) is 0 Å². The van der Waals surface area contributed by atoms with Gasteiger partial charge in [0.2, 0.25) is 0 Å². The lowest BCUT2D eigenvalue weighted by atomic mass is 10.1. The SMILES string of the molecule is CCOc1ccccc1CCC(=O)OCc1cc(=O)n2ccsc2n1. The average molecular weight is 358 g/mol.